The maximum Gasteiger partial charge on any atom is 0.339 e. The summed E-state index contributed by atoms with van der Waals surface area (Å²) >= 11 is 0. The van der Waals surface area contributed by atoms with Gasteiger partial charge in [0.05, 0.1) is 12.8 Å². The number of carbonyl (C=O) groups is 1. The monoisotopic (exact) mass is 287 g/mol. The predicted molar refractivity (Wildman–Crippen MR) is 71.2 cm³/mol. The van der Waals surface area contributed by atoms with Crippen molar-refractivity contribution in [3.05, 3.63) is 0 Å². The van der Waals surface area contributed by atoms with E-state index in [1.165, 1.54) is 0 Å². The summed E-state index contributed by atoms with van der Waals surface area (Å²) < 4.78 is 10.1. The Morgan fingerprint density at radius 1 is 1.17 bits per heavy atom. The maximum absolute atomic E-state index is 10.1. The second-order valence-electron chi connectivity index (χ2n) is 4.13. The molecule has 8 N–H and O–H groups in total. The number of carboxylic acid groups (broad SMARTS) is 1. The second-order valence-corrected chi connectivity index (χ2v) is 5.78. The molecule has 0 aliphatic heterocycles. The topological polar surface area (TPSA) is 159 Å². The highest BCUT2D eigenvalue weighted by atomic mass is 31.2. The lowest BCUT2D eigenvalue weighted by Crippen LogP contribution is -2.23. The molecular formula is C9H26N3O5P. The summed E-state index contributed by atoms with van der Waals surface area (Å²) in [5, 5.41) is 10.1. The summed E-state index contributed by atoms with van der Waals surface area (Å²) in [6, 6.07) is 0.667. The van der Waals surface area contributed by atoms with Gasteiger partial charge in [0, 0.05) is 0 Å². The van der Waals surface area contributed by atoms with Gasteiger partial charge in [0.15, 0.2) is 0 Å². The van der Waals surface area contributed by atoms with Crippen LogP contribution >= 0.6 is 7.60 Å². The minimum Gasteiger partial charge on any atom is -0.480 e. The van der Waals surface area contributed by atoms with Crippen LogP contribution < -0.4 is 16.8 Å². The first-order valence-corrected chi connectivity index (χ1v) is 7.16. The minimum atomic E-state index is -4.10. The first kappa shape index (κ1) is 22.7. The van der Waals surface area contributed by atoms with Gasteiger partial charge < -0.3 is 26.4 Å². The molecule has 0 amide bonds. The summed E-state index contributed by atoms with van der Waals surface area (Å²) in [7, 11) is -4.10. The van der Waals surface area contributed by atoms with Crippen molar-refractivity contribution in [1.82, 2.24) is 5.32 Å². The van der Waals surface area contributed by atoms with Crippen LogP contribution in [0.1, 0.15) is 27.7 Å². The van der Waals surface area contributed by atoms with Gasteiger partial charge in [-0.25, -0.2) is 0 Å². The lowest BCUT2D eigenvalue weighted by Gasteiger charge is -2.02. The third kappa shape index (κ3) is 77.1. The molecule has 0 radical (unpaired) electrons. The van der Waals surface area contributed by atoms with E-state index in [1.54, 1.807) is 0 Å². The SMILES string of the molecule is CC(C)N.CC(C)N.O=C(O)CNCP(=O)(O)O. The van der Waals surface area contributed by atoms with Crippen molar-refractivity contribution < 1.29 is 24.3 Å². The molecule has 0 heterocycles. The van der Waals surface area contributed by atoms with E-state index in [0.29, 0.717) is 12.1 Å². The molecule has 0 fully saturated rings. The lowest BCUT2D eigenvalue weighted by molar-refractivity contribution is -0.135. The van der Waals surface area contributed by atoms with Crippen LogP contribution in [-0.2, 0) is 9.36 Å². The molecule has 0 aromatic rings. The Labute approximate surface area is 108 Å². The van der Waals surface area contributed by atoms with Gasteiger partial charge >= 0.3 is 13.6 Å². The number of rotatable bonds is 4. The third-order valence-corrected chi connectivity index (χ3v) is 1.23. The number of carboxylic acids is 1. The zero-order chi connectivity index (χ0) is 15.4. The maximum atomic E-state index is 10.1. The van der Waals surface area contributed by atoms with Crippen LogP contribution in [0.5, 0.6) is 0 Å². The predicted octanol–water partition coefficient (Wildman–Crippen LogP) is -0.497. The van der Waals surface area contributed by atoms with Crippen molar-refractivity contribution in [3.63, 3.8) is 0 Å². The molecule has 0 aromatic carbocycles. The Kier molecular flexibility index (Phi) is 16.3. The summed E-state index contributed by atoms with van der Waals surface area (Å²) in [6.07, 6.45) is -0.598. The normalized spacial score (nSPS) is 10.3. The van der Waals surface area contributed by atoms with E-state index in [0.717, 1.165) is 0 Å². The first-order chi connectivity index (χ1) is 7.88. The fourth-order valence-electron chi connectivity index (χ4n) is 0.308. The Hall–Kier alpha value is -0.500. The lowest BCUT2D eigenvalue weighted by atomic mass is 10.4. The Bertz CT molecular complexity index is 231. The summed E-state index contributed by atoms with van der Waals surface area (Å²) in [5.41, 5.74) is 10.2. The van der Waals surface area contributed by atoms with E-state index in [-0.39, 0.29) is 0 Å². The molecule has 0 aromatic heterocycles. The quantitative estimate of drug-likeness (QED) is 0.377. The minimum absolute atomic E-state index is 0.333. The molecule has 0 rings (SSSR count). The Balaban J connectivity index is -0.000000233. The molecule has 8 nitrogen and oxygen atoms in total. The molecular weight excluding hydrogens is 261 g/mol. The van der Waals surface area contributed by atoms with Crippen LogP contribution in [0.25, 0.3) is 0 Å². The molecule has 0 aliphatic carbocycles. The number of aliphatic carboxylic acids is 1. The van der Waals surface area contributed by atoms with Crippen LogP contribution in [0.2, 0.25) is 0 Å². The average Bonchev–Trinajstić information content (AvgIpc) is 1.96. The van der Waals surface area contributed by atoms with Crippen LogP contribution in [0.3, 0.4) is 0 Å². The van der Waals surface area contributed by atoms with Gasteiger partial charge in [-0.2, -0.15) is 0 Å². The largest absolute Gasteiger partial charge is 0.480 e. The van der Waals surface area contributed by atoms with Crippen LogP contribution in [-0.4, -0.2) is 45.8 Å². The van der Waals surface area contributed by atoms with E-state index in [4.69, 9.17) is 26.4 Å². The Morgan fingerprint density at radius 2 is 1.44 bits per heavy atom. The summed E-state index contributed by atoms with van der Waals surface area (Å²) in [6.45, 7) is 7.34. The van der Waals surface area contributed by atoms with Crippen LogP contribution in [0.4, 0.5) is 0 Å². The number of hydrogen-bond acceptors (Lipinski definition) is 5. The molecule has 0 bridgehead atoms. The molecule has 0 unspecified atom stereocenters. The van der Waals surface area contributed by atoms with Gasteiger partial charge in [-0.05, 0) is 12.1 Å². The molecule has 112 valence electrons. The molecule has 0 spiro atoms. The number of nitrogens with one attached hydrogen (secondary N) is 1. The van der Waals surface area contributed by atoms with Crippen molar-refractivity contribution in [2.45, 2.75) is 39.8 Å². The van der Waals surface area contributed by atoms with E-state index < -0.39 is 26.4 Å². The van der Waals surface area contributed by atoms with Crippen LogP contribution in [0, 0.1) is 0 Å². The van der Waals surface area contributed by atoms with Gasteiger partial charge in [-0.1, -0.05) is 27.7 Å². The standard InChI is InChI=1S/C3H8NO5P.2C3H9N/c5-3(6)1-4-2-10(7,8)9;2*1-3(2)4/h4H,1-2H2,(H,5,6)(H2,7,8,9);2*3H,4H2,1-2H3. The average molecular weight is 287 g/mol. The summed E-state index contributed by atoms with van der Waals surface area (Å²) in [5.74, 6) is -1.14. The smallest absolute Gasteiger partial charge is 0.339 e. The first-order valence-electron chi connectivity index (χ1n) is 5.36. The second kappa shape index (κ2) is 12.9. The third-order valence-electron chi connectivity index (χ3n) is 0.594. The molecule has 0 saturated carbocycles. The highest BCUT2D eigenvalue weighted by molar-refractivity contribution is 7.51. The fourth-order valence-corrected chi connectivity index (χ4v) is 0.712. The molecule has 0 atom stereocenters. The van der Waals surface area contributed by atoms with Gasteiger partial charge in [0.1, 0.15) is 0 Å². The number of hydrogen-bond donors (Lipinski definition) is 6. The molecule has 9 heteroatoms. The van der Waals surface area contributed by atoms with Gasteiger partial charge in [0.2, 0.25) is 0 Å². The van der Waals surface area contributed by atoms with E-state index >= 15 is 0 Å². The summed E-state index contributed by atoms with van der Waals surface area (Å²) in [4.78, 5) is 26.1. The van der Waals surface area contributed by atoms with E-state index in [2.05, 4.69) is 5.32 Å². The van der Waals surface area contributed by atoms with E-state index in [1.807, 2.05) is 27.7 Å². The van der Waals surface area contributed by atoms with Crippen LogP contribution in [0.15, 0.2) is 0 Å². The molecule has 0 aliphatic rings. The van der Waals surface area contributed by atoms with E-state index in [9.17, 15) is 9.36 Å². The van der Waals surface area contributed by atoms with Gasteiger partial charge in [0.25, 0.3) is 0 Å². The van der Waals surface area contributed by atoms with Crippen molar-refractivity contribution in [2.24, 2.45) is 11.5 Å². The molecule has 0 saturated heterocycles. The number of nitrogens with two attached hydrogens (primary N) is 2. The highest BCUT2D eigenvalue weighted by Crippen LogP contribution is 2.31. The van der Waals surface area contributed by atoms with Gasteiger partial charge in [-0.15, -0.1) is 0 Å². The Morgan fingerprint density at radius 3 is 1.61 bits per heavy atom. The highest BCUT2D eigenvalue weighted by Gasteiger charge is 2.11. The molecule has 18 heavy (non-hydrogen) atoms. The van der Waals surface area contributed by atoms with Crippen molar-refractivity contribution in [2.75, 3.05) is 12.8 Å². The van der Waals surface area contributed by atoms with Gasteiger partial charge in [-0.3, -0.25) is 14.7 Å². The van der Waals surface area contributed by atoms with Crippen molar-refractivity contribution in [3.8, 4) is 0 Å². The zero-order valence-electron chi connectivity index (χ0n) is 11.3. The van der Waals surface area contributed by atoms with Crippen molar-refractivity contribution >= 4 is 13.6 Å². The zero-order valence-corrected chi connectivity index (χ0v) is 12.2. The fraction of sp³-hybridized carbons (Fsp3) is 0.889. The van der Waals surface area contributed by atoms with Crippen molar-refractivity contribution in [1.29, 1.82) is 0 Å².